The van der Waals surface area contributed by atoms with Crippen LogP contribution in [0.1, 0.15) is 0 Å². The largest absolute Gasteiger partial charge is 0.314 e. The van der Waals surface area contributed by atoms with Gasteiger partial charge in [-0.25, -0.2) is 5.84 Å². The second kappa shape index (κ2) is 2.31. The second-order valence-corrected chi connectivity index (χ2v) is 1.17. The number of anilines is 1. The monoisotopic (exact) mass is 128 g/mol. The summed E-state index contributed by atoms with van der Waals surface area (Å²) < 4.78 is 12.0. The van der Waals surface area contributed by atoms with E-state index in [9.17, 15) is 4.39 Å². The number of nitrogens with two attached hydrogens (primary N) is 1. The van der Waals surface area contributed by atoms with E-state index in [-0.39, 0.29) is 5.95 Å². The van der Waals surface area contributed by atoms with Crippen LogP contribution in [0.3, 0.4) is 0 Å². The summed E-state index contributed by atoms with van der Waals surface area (Å²) in [6, 6.07) is 0. The first-order valence-corrected chi connectivity index (χ1v) is 2.07. The van der Waals surface area contributed by atoms with Gasteiger partial charge in [0.2, 0.25) is 12.3 Å². The van der Waals surface area contributed by atoms with E-state index >= 15 is 0 Å². The quantitative estimate of drug-likeness (QED) is 0.378. The minimum absolute atomic E-state index is 0.0394. The van der Waals surface area contributed by atoms with Gasteiger partial charge in [0.25, 0.3) is 0 Å². The van der Waals surface area contributed by atoms with Crippen molar-refractivity contribution in [2.24, 2.45) is 5.84 Å². The van der Waals surface area contributed by atoms with Crippen molar-refractivity contribution in [1.29, 1.82) is 0 Å². The molecule has 0 fully saturated rings. The fourth-order valence-electron chi connectivity index (χ4n) is 0.316. The van der Waals surface area contributed by atoms with E-state index in [2.05, 4.69) is 15.0 Å². The normalized spacial score (nSPS) is 9.11. The van der Waals surface area contributed by atoms with Gasteiger partial charge in [0, 0.05) is 0 Å². The number of nitrogens with zero attached hydrogens (tertiary/aromatic N) is 3. The first kappa shape index (κ1) is 5.83. The summed E-state index contributed by atoms with van der Waals surface area (Å²) in [7, 11) is 0. The molecule has 6 heteroatoms. The number of nitrogens with one attached hydrogen (secondary N) is 1. The fourth-order valence-corrected chi connectivity index (χ4v) is 0.316. The van der Waals surface area contributed by atoms with Gasteiger partial charge in [0.1, 0.15) is 0 Å². The Morgan fingerprint density at radius 2 is 2.33 bits per heavy atom. The molecule has 0 aliphatic rings. The molecule has 0 unspecified atom stereocenters. The van der Waals surface area contributed by atoms with Gasteiger partial charge in [-0.3, -0.25) is 5.43 Å². The molecule has 0 saturated heterocycles. The van der Waals surface area contributed by atoms with Gasteiger partial charge < -0.3 is 0 Å². The first-order chi connectivity index (χ1) is 4.33. The molecule has 1 aromatic rings. The third-order valence-electron chi connectivity index (χ3n) is 0.625. The van der Waals surface area contributed by atoms with Crippen LogP contribution in [0.15, 0.2) is 0 Å². The fraction of sp³-hybridized carbons (Fsp3) is 0. The van der Waals surface area contributed by atoms with Crippen molar-refractivity contribution in [2.45, 2.75) is 0 Å². The van der Waals surface area contributed by atoms with Crippen LogP contribution in [0.2, 0.25) is 0 Å². The Kier molecular flexibility index (Phi) is 1.50. The number of aromatic nitrogens is 3. The summed E-state index contributed by atoms with van der Waals surface area (Å²) in [5, 5.41) is 0. The lowest BCUT2D eigenvalue weighted by atomic mass is 10.9. The van der Waals surface area contributed by atoms with E-state index in [1.54, 1.807) is 0 Å². The van der Waals surface area contributed by atoms with Crippen molar-refractivity contribution in [3.05, 3.63) is 12.4 Å². The molecule has 5 nitrogen and oxygen atoms in total. The smallest absolute Gasteiger partial charge is 0.292 e. The van der Waals surface area contributed by atoms with E-state index in [0.717, 1.165) is 0 Å². The maximum atomic E-state index is 12.0. The predicted octanol–water partition coefficient (Wildman–Crippen LogP) is -0.904. The number of halogens is 1. The van der Waals surface area contributed by atoms with Gasteiger partial charge >= 0.3 is 6.08 Å². The number of hydrogen-bond acceptors (Lipinski definition) is 5. The molecule has 1 radical (unpaired) electrons. The van der Waals surface area contributed by atoms with Crippen LogP contribution in [0.4, 0.5) is 10.3 Å². The Hall–Kier alpha value is -1.30. The molecule has 0 amide bonds. The zero-order chi connectivity index (χ0) is 6.69. The van der Waals surface area contributed by atoms with Gasteiger partial charge in [-0.15, -0.1) is 0 Å². The molecule has 0 saturated carbocycles. The highest BCUT2D eigenvalue weighted by Crippen LogP contribution is 1.89. The summed E-state index contributed by atoms with van der Waals surface area (Å²) in [5.41, 5.74) is 2.03. The Morgan fingerprint density at radius 1 is 1.56 bits per heavy atom. The lowest BCUT2D eigenvalue weighted by molar-refractivity contribution is 0.532. The summed E-state index contributed by atoms with van der Waals surface area (Å²) in [6.45, 7) is 0. The van der Waals surface area contributed by atoms with E-state index in [4.69, 9.17) is 5.84 Å². The summed E-state index contributed by atoms with van der Waals surface area (Å²) in [6.07, 6.45) is 1.10. The highest BCUT2D eigenvalue weighted by molar-refractivity contribution is 5.16. The molecule has 0 aliphatic heterocycles. The zero-order valence-electron chi connectivity index (χ0n) is 4.30. The number of nitrogen functional groups attached to an aromatic ring is 1. The molecule has 1 aromatic heterocycles. The molecular formula is C3H3FN5. The highest BCUT2D eigenvalue weighted by atomic mass is 19.1. The SMILES string of the molecule is NNc1n[c]nc(F)n1. The van der Waals surface area contributed by atoms with Crippen molar-refractivity contribution >= 4 is 5.95 Å². The molecule has 1 heterocycles. The maximum absolute atomic E-state index is 12.0. The Morgan fingerprint density at radius 3 is 2.78 bits per heavy atom. The first-order valence-electron chi connectivity index (χ1n) is 2.07. The number of hydrogen-bond donors (Lipinski definition) is 2. The van der Waals surface area contributed by atoms with E-state index in [1.165, 1.54) is 0 Å². The average molecular weight is 128 g/mol. The van der Waals surface area contributed by atoms with Crippen LogP contribution in [-0.2, 0) is 0 Å². The lowest BCUT2D eigenvalue weighted by Gasteiger charge is -1.91. The molecule has 0 bridgehead atoms. The molecule has 0 atom stereocenters. The van der Waals surface area contributed by atoms with Gasteiger partial charge in [0.15, 0.2) is 0 Å². The van der Waals surface area contributed by atoms with Crippen molar-refractivity contribution < 1.29 is 4.39 Å². The molecule has 1 rings (SSSR count). The molecular weight excluding hydrogens is 125 g/mol. The van der Waals surface area contributed by atoms with Crippen molar-refractivity contribution in [3.63, 3.8) is 0 Å². The van der Waals surface area contributed by atoms with Crippen molar-refractivity contribution in [2.75, 3.05) is 5.43 Å². The van der Waals surface area contributed by atoms with Gasteiger partial charge in [-0.2, -0.15) is 19.3 Å². The Balaban J connectivity index is 2.94. The van der Waals surface area contributed by atoms with Gasteiger partial charge in [-0.1, -0.05) is 0 Å². The van der Waals surface area contributed by atoms with Crippen molar-refractivity contribution in [3.8, 4) is 0 Å². The van der Waals surface area contributed by atoms with Crippen LogP contribution >= 0.6 is 0 Å². The van der Waals surface area contributed by atoms with E-state index < -0.39 is 6.08 Å². The molecule has 0 aromatic carbocycles. The van der Waals surface area contributed by atoms with Crippen LogP contribution < -0.4 is 11.3 Å². The van der Waals surface area contributed by atoms with Gasteiger partial charge in [-0.05, 0) is 0 Å². The van der Waals surface area contributed by atoms with Crippen LogP contribution in [-0.4, -0.2) is 15.0 Å². The van der Waals surface area contributed by atoms with Gasteiger partial charge in [0.05, 0.1) is 0 Å². The number of rotatable bonds is 1. The molecule has 9 heavy (non-hydrogen) atoms. The van der Waals surface area contributed by atoms with E-state index in [1.807, 2.05) is 11.8 Å². The standard InChI is InChI=1S/C3H3FN5/c4-2-6-1-7-3(8-2)9-5/h5H2,(H,6,7,8,9). The third-order valence-corrected chi connectivity index (χ3v) is 0.625. The zero-order valence-corrected chi connectivity index (χ0v) is 4.30. The number of hydrazine groups is 1. The minimum atomic E-state index is -0.905. The van der Waals surface area contributed by atoms with Crippen molar-refractivity contribution in [1.82, 2.24) is 15.0 Å². The summed E-state index contributed by atoms with van der Waals surface area (Å²) in [4.78, 5) is 9.45. The maximum Gasteiger partial charge on any atom is 0.314 e. The van der Waals surface area contributed by atoms with Crippen LogP contribution in [0, 0.1) is 12.4 Å². The summed E-state index contributed by atoms with van der Waals surface area (Å²) >= 11 is 0. The highest BCUT2D eigenvalue weighted by Gasteiger charge is 1.94. The summed E-state index contributed by atoms with van der Waals surface area (Å²) in [5.74, 6) is 4.79. The Labute approximate surface area is 50.1 Å². The van der Waals surface area contributed by atoms with E-state index in [0.29, 0.717) is 0 Å². The third kappa shape index (κ3) is 1.29. The molecule has 3 N–H and O–H groups in total. The molecule has 0 aliphatic carbocycles. The minimum Gasteiger partial charge on any atom is -0.292 e. The molecule has 47 valence electrons. The van der Waals surface area contributed by atoms with Crippen LogP contribution in [0.5, 0.6) is 0 Å². The Bertz CT molecular complexity index is 201. The topological polar surface area (TPSA) is 76.7 Å². The second-order valence-electron chi connectivity index (χ2n) is 1.17. The lowest BCUT2D eigenvalue weighted by Crippen LogP contribution is -2.11. The average Bonchev–Trinajstić information content (AvgIpc) is 1.88. The molecule has 0 spiro atoms. The van der Waals surface area contributed by atoms with Crippen LogP contribution in [0.25, 0.3) is 0 Å². The predicted molar refractivity (Wildman–Crippen MR) is 26.4 cm³/mol.